The molecule has 0 aliphatic carbocycles. The van der Waals surface area contributed by atoms with E-state index in [9.17, 15) is 0 Å². The van der Waals surface area contributed by atoms with Crippen molar-refractivity contribution in [3.8, 4) is 0 Å². The summed E-state index contributed by atoms with van der Waals surface area (Å²) in [5.41, 5.74) is 1.12. The Balaban J connectivity index is 1.46. The quantitative estimate of drug-likeness (QED) is 0.193. The molecule has 0 saturated heterocycles. The van der Waals surface area contributed by atoms with Gasteiger partial charge in [0.2, 0.25) is 0 Å². The van der Waals surface area contributed by atoms with Crippen LogP contribution in [-0.4, -0.2) is 6.61 Å². The summed E-state index contributed by atoms with van der Waals surface area (Å²) in [6.07, 6.45) is -0.213. The number of rotatable bonds is 10. The zero-order valence-corrected chi connectivity index (χ0v) is 21.7. The monoisotopic (exact) mass is 506 g/mol. The molecule has 1 atom stereocenters. The van der Waals surface area contributed by atoms with Gasteiger partial charge in [0, 0.05) is 21.2 Å². The maximum absolute atomic E-state index is 6.98. The standard InChI is InChI=1S/C32H28O2P2/c1-6-16-27(17-7-1)32(34-36(30-22-12-4-13-23-30)31-24-14-5-15-25-31)26-33-35(28-18-8-2-9-19-28)29-20-10-3-11-21-29/h1-25,32H,26H2/t32-/m0/s1. The molecule has 0 amide bonds. The molecule has 5 aromatic rings. The van der Waals surface area contributed by atoms with E-state index in [0.717, 1.165) is 5.56 Å². The van der Waals surface area contributed by atoms with Gasteiger partial charge in [-0.15, -0.1) is 0 Å². The molecule has 0 aliphatic heterocycles. The summed E-state index contributed by atoms with van der Waals surface area (Å²) in [7, 11) is -2.01. The van der Waals surface area contributed by atoms with E-state index in [4.69, 9.17) is 9.05 Å². The van der Waals surface area contributed by atoms with Crippen molar-refractivity contribution in [3.63, 3.8) is 0 Å². The molecule has 0 heterocycles. The molecule has 2 nitrogen and oxygen atoms in total. The van der Waals surface area contributed by atoms with Crippen LogP contribution >= 0.6 is 16.3 Å². The normalized spacial score (nSPS) is 12.1. The average Bonchev–Trinajstić information content (AvgIpc) is 2.97. The van der Waals surface area contributed by atoms with Crippen LogP contribution in [0.3, 0.4) is 0 Å². The van der Waals surface area contributed by atoms with E-state index in [0.29, 0.717) is 6.61 Å². The van der Waals surface area contributed by atoms with E-state index in [1.165, 1.54) is 21.2 Å². The van der Waals surface area contributed by atoms with Crippen molar-refractivity contribution in [1.29, 1.82) is 0 Å². The second-order valence-corrected chi connectivity index (χ2v) is 11.9. The van der Waals surface area contributed by atoms with Gasteiger partial charge in [-0.3, -0.25) is 0 Å². The summed E-state index contributed by atoms with van der Waals surface area (Å²) in [6, 6.07) is 52.5. The van der Waals surface area contributed by atoms with Crippen LogP contribution in [0.2, 0.25) is 0 Å². The highest BCUT2D eigenvalue weighted by atomic mass is 31.1. The molecule has 0 fully saturated rings. The minimum absolute atomic E-state index is 0.213. The Morgan fingerprint density at radius 2 is 0.750 bits per heavy atom. The van der Waals surface area contributed by atoms with Gasteiger partial charge in [0.25, 0.3) is 0 Å². The minimum atomic E-state index is -1.03. The van der Waals surface area contributed by atoms with Gasteiger partial charge in [-0.05, 0) is 5.56 Å². The molecule has 0 spiro atoms. The summed E-state index contributed by atoms with van der Waals surface area (Å²) in [5.74, 6) is 0. The van der Waals surface area contributed by atoms with Crippen LogP contribution < -0.4 is 21.2 Å². The molecule has 0 bridgehead atoms. The summed E-state index contributed by atoms with van der Waals surface area (Å²) >= 11 is 0. The van der Waals surface area contributed by atoms with Crippen LogP contribution in [0.5, 0.6) is 0 Å². The summed E-state index contributed by atoms with van der Waals surface area (Å²) in [5, 5.41) is 4.76. The molecular weight excluding hydrogens is 478 g/mol. The van der Waals surface area contributed by atoms with Crippen LogP contribution in [0.25, 0.3) is 0 Å². The third-order valence-corrected chi connectivity index (χ3v) is 9.66. The van der Waals surface area contributed by atoms with Crippen molar-refractivity contribution in [3.05, 3.63) is 157 Å². The van der Waals surface area contributed by atoms with E-state index in [2.05, 4.69) is 121 Å². The van der Waals surface area contributed by atoms with Gasteiger partial charge in [0.1, 0.15) is 6.10 Å². The molecule has 178 valence electrons. The van der Waals surface area contributed by atoms with Gasteiger partial charge in [0.15, 0.2) is 0 Å². The molecule has 5 aromatic carbocycles. The van der Waals surface area contributed by atoms with Crippen molar-refractivity contribution < 1.29 is 9.05 Å². The average molecular weight is 507 g/mol. The molecule has 36 heavy (non-hydrogen) atoms. The molecule has 4 heteroatoms. The van der Waals surface area contributed by atoms with Gasteiger partial charge < -0.3 is 9.05 Å². The lowest BCUT2D eigenvalue weighted by Gasteiger charge is -2.27. The highest BCUT2D eigenvalue weighted by Crippen LogP contribution is 2.43. The Morgan fingerprint density at radius 1 is 0.417 bits per heavy atom. The summed E-state index contributed by atoms with van der Waals surface area (Å²) in [4.78, 5) is 0. The van der Waals surface area contributed by atoms with Crippen molar-refractivity contribution in [2.75, 3.05) is 6.61 Å². The third-order valence-electron chi connectivity index (χ3n) is 5.72. The van der Waals surface area contributed by atoms with Gasteiger partial charge in [-0.2, -0.15) is 0 Å². The fourth-order valence-electron chi connectivity index (χ4n) is 3.95. The first-order valence-electron chi connectivity index (χ1n) is 12.0. The molecular formula is C32H28O2P2. The van der Waals surface area contributed by atoms with Crippen molar-refractivity contribution in [2.24, 2.45) is 0 Å². The molecule has 0 N–H and O–H groups in total. The van der Waals surface area contributed by atoms with Crippen molar-refractivity contribution in [2.45, 2.75) is 6.10 Å². The van der Waals surface area contributed by atoms with E-state index >= 15 is 0 Å². The van der Waals surface area contributed by atoms with Crippen LogP contribution in [0.4, 0.5) is 0 Å². The van der Waals surface area contributed by atoms with Crippen LogP contribution in [0.15, 0.2) is 152 Å². The Kier molecular flexibility index (Phi) is 8.68. The molecule has 0 unspecified atom stereocenters. The van der Waals surface area contributed by atoms with E-state index in [1.54, 1.807) is 0 Å². The highest BCUT2D eigenvalue weighted by molar-refractivity contribution is 7.69. The lowest BCUT2D eigenvalue weighted by atomic mass is 10.1. The number of hydrogen-bond acceptors (Lipinski definition) is 2. The van der Waals surface area contributed by atoms with Crippen LogP contribution in [-0.2, 0) is 9.05 Å². The van der Waals surface area contributed by atoms with Crippen LogP contribution in [0.1, 0.15) is 11.7 Å². The first-order valence-corrected chi connectivity index (χ1v) is 14.6. The van der Waals surface area contributed by atoms with Gasteiger partial charge in [-0.25, -0.2) is 0 Å². The Bertz CT molecular complexity index is 1220. The largest absolute Gasteiger partial charge is 0.347 e. The molecule has 0 saturated carbocycles. The predicted molar refractivity (Wildman–Crippen MR) is 154 cm³/mol. The molecule has 0 aliphatic rings. The van der Waals surface area contributed by atoms with Gasteiger partial charge >= 0.3 is 0 Å². The predicted octanol–water partition coefficient (Wildman–Crippen LogP) is 6.86. The number of hydrogen-bond donors (Lipinski definition) is 0. The van der Waals surface area contributed by atoms with Crippen molar-refractivity contribution >= 4 is 37.5 Å². The molecule has 0 radical (unpaired) electrons. The smallest absolute Gasteiger partial charge is 0.111 e. The summed E-state index contributed by atoms with van der Waals surface area (Å²) < 4.78 is 13.7. The maximum Gasteiger partial charge on any atom is 0.111 e. The number of benzene rings is 5. The topological polar surface area (TPSA) is 18.5 Å². The Morgan fingerprint density at radius 3 is 1.14 bits per heavy atom. The first-order chi connectivity index (χ1) is 17.9. The van der Waals surface area contributed by atoms with E-state index < -0.39 is 16.3 Å². The third kappa shape index (κ3) is 6.35. The van der Waals surface area contributed by atoms with Crippen LogP contribution in [0, 0.1) is 0 Å². The second kappa shape index (κ2) is 12.7. The zero-order chi connectivity index (χ0) is 24.4. The Hall–Kier alpha value is -3.12. The SMILES string of the molecule is c1ccc([C@H](COP(c2ccccc2)c2ccccc2)OP(c2ccccc2)c2ccccc2)cc1. The van der Waals surface area contributed by atoms with Crippen molar-refractivity contribution in [1.82, 2.24) is 0 Å². The minimum Gasteiger partial charge on any atom is -0.347 e. The lowest BCUT2D eigenvalue weighted by Crippen LogP contribution is -2.20. The molecule has 5 rings (SSSR count). The fraction of sp³-hybridized carbons (Fsp3) is 0.0625. The van der Waals surface area contributed by atoms with Gasteiger partial charge in [0.05, 0.1) is 22.9 Å². The first kappa shape index (κ1) is 24.6. The van der Waals surface area contributed by atoms with E-state index in [1.807, 2.05) is 30.3 Å². The van der Waals surface area contributed by atoms with E-state index in [-0.39, 0.29) is 6.10 Å². The lowest BCUT2D eigenvalue weighted by molar-refractivity contribution is 0.158. The fourth-order valence-corrected chi connectivity index (χ4v) is 7.58. The zero-order valence-electron chi connectivity index (χ0n) is 19.9. The summed E-state index contributed by atoms with van der Waals surface area (Å²) in [6.45, 7) is 0.456. The highest BCUT2D eigenvalue weighted by Gasteiger charge is 2.24. The maximum atomic E-state index is 6.98. The van der Waals surface area contributed by atoms with Gasteiger partial charge in [-0.1, -0.05) is 152 Å². The molecule has 0 aromatic heterocycles. The Labute approximate surface area is 216 Å². The second-order valence-electron chi connectivity index (χ2n) is 8.23.